The Morgan fingerprint density at radius 1 is 1.31 bits per heavy atom. The summed E-state index contributed by atoms with van der Waals surface area (Å²) in [5.41, 5.74) is 0.884. The van der Waals surface area contributed by atoms with Crippen LogP contribution in [0.5, 0.6) is 0 Å². The maximum atomic E-state index is 12.2. The fraction of sp³-hybridized carbons (Fsp3) is 0.429. The molecule has 1 fully saturated rings. The first-order chi connectivity index (χ1) is 5.57. The maximum Gasteiger partial charge on any atom is 1.00 e. The minimum atomic E-state index is -4.77. The average Bonchev–Trinajstić information content (AvgIpc) is 2.66. The Balaban J connectivity index is 0.000000845. The minimum absolute atomic E-state index is 0. The third kappa shape index (κ3) is 3.07. The van der Waals surface area contributed by atoms with Gasteiger partial charge < -0.3 is 12.9 Å². The van der Waals surface area contributed by atoms with Gasteiger partial charge in [0.15, 0.2) is 0 Å². The van der Waals surface area contributed by atoms with E-state index in [1.54, 1.807) is 5.38 Å². The van der Waals surface area contributed by atoms with Crippen molar-refractivity contribution in [1.82, 2.24) is 0 Å². The van der Waals surface area contributed by atoms with E-state index in [9.17, 15) is 12.9 Å². The van der Waals surface area contributed by atoms with E-state index in [0.29, 0.717) is 5.92 Å². The monoisotopic (exact) mass is 230 g/mol. The number of halogens is 3. The summed E-state index contributed by atoms with van der Waals surface area (Å²) in [6.07, 6.45) is 2.11. The first-order valence-corrected chi connectivity index (χ1v) is 4.73. The topological polar surface area (TPSA) is 0 Å². The summed E-state index contributed by atoms with van der Waals surface area (Å²) in [6, 6.07) is 1.31. The minimum Gasteiger partial charge on any atom is -0.444 e. The molecule has 0 amide bonds. The van der Waals surface area contributed by atoms with Crippen LogP contribution in [0.25, 0.3) is 0 Å². The van der Waals surface area contributed by atoms with E-state index >= 15 is 0 Å². The van der Waals surface area contributed by atoms with Gasteiger partial charge in [0.1, 0.15) is 0 Å². The fourth-order valence-electron chi connectivity index (χ4n) is 1.17. The summed E-state index contributed by atoms with van der Waals surface area (Å²) in [5, 5.41) is 1.64. The molecule has 1 aliphatic carbocycles. The predicted molar refractivity (Wildman–Crippen MR) is 45.0 cm³/mol. The Kier molecular flexibility index (Phi) is 4.12. The van der Waals surface area contributed by atoms with Gasteiger partial charge in [-0.2, -0.15) is 11.3 Å². The van der Waals surface area contributed by atoms with Gasteiger partial charge in [-0.25, -0.2) is 0 Å². The summed E-state index contributed by atoms with van der Waals surface area (Å²) < 4.78 is 36.1. The van der Waals surface area contributed by atoms with Gasteiger partial charge in [0.05, 0.1) is 0 Å². The Hall–Kier alpha value is 1.19. The summed E-state index contributed by atoms with van der Waals surface area (Å²) in [4.78, 5) is 0. The van der Waals surface area contributed by atoms with Crippen LogP contribution in [0.15, 0.2) is 11.4 Å². The molecular formula is C7H7BF3KS. The first kappa shape index (κ1) is 12.3. The smallest absolute Gasteiger partial charge is 0.444 e. The maximum absolute atomic E-state index is 12.2. The van der Waals surface area contributed by atoms with Crippen molar-refractivity contribution in [2.24, 2.45) is 0 Å². The van der Waals surface area contributed by atoms with Crippen molar-refractivity contribution in [3.63, 3.8) is 0 Å². The van der Waals surface area contributed by atoms with Crippen molar-refractivity contribution >= 4 is 23.1 Å². The Bertz CT molecular complexity index is 292. The number of hydrogen-bond donors (Lipinski definition) is 0. The zero-order valence-electron chi connectivity index (χ0n) is 7.27. The Labute approximate surface area is 121 Å². The third-order valence-electron chi connectivity index (χ3n) is 2.01. The Morgan fingerprint density at radius 2 is 1.92 bits per heavy atom. The summed E-state index contributed by atoms with van der Waals surface area (Å²) in [5.74, 6) is 0.424. The van der Waals surface area contributed by atoms with Crippen molar-refractivity contribution in [1.29, 1.82) is 0 Å². The van der Waals surface area contributed by atoms with Crippen molar-refractivity contribution in [3.8, 4) is 0 Å². The fourth-order valence-corrected chi connectivity index (χ4v) is 2.06. The van der Waals surface area contributed by atoms with Crippen LogP contribution in [0.1, 0.15) is 24.3 Å². The molecule has 0 unspecified atom stereocenters. The molecule has 1 heterocycles. The van der Waals surface area contributed by atoms with Crippen LogP contribution >= 0.6 is 11.3 Å². The summed E-state index contributed by atoms with van der Waals surface area (Å²) in [6.45, 7) is -4.77. The number of hydrogen-bond acceptors (Lipinski definition) is 1. The van der Waals surface area contributed by atoms with Crippen LogP contribution in [0.2, 0.25) is 0 Å². The molecule has 0 spiro atoms. The van der Waals surface area contributed by atoms with E-state index in [2.05, 4.69) is 0 Å². The zero-order valence-corrected chi connectivity index (χ0v) is 11.2. The molecule has 13 heavy (non-hydrogen) atoms. The van der Waals surface area contributed by atoms with Crippen LogP contribution in [-0.2, 0) is 0 Å². The number of rotatable bonds is 2. The van der Waals surface area contributed by atoms with Gasteiger partial charge in [-0.15, -0.1) is 0 Å². The SMILES string of the molecule is F[B-](F)(F)c1cc(C2CC2)cs1.[K+]. The van der Waals surface area contributed by atoms with Gasteiger partial charge in [0.2, 0.25) is 0 Å². The average molecular weight is 230 g/mol. The predicted octanol–water partition coefficient (Wildman–Crippen LogP) is -0.316. The van der Waals surface area contributed by atoms with Gasteiger partial charge in [0.25, 0.3) is 0 Å². The molecular weight excluding hydrogens is 223 g/mol. The molecule has 0 saturated heterocycles. The largest absolute Gasteiger partial charge is 1.00 e. The molecule has 0 N–H and O–H groups in total. The quantitative estimate of drug-likeness (QED) is 0.611. The van der Waals surface area contributed by atoms with Crippen molar-refractivity contribution < 1.29 is 64.3 Å². The summed E-state index contributed by atoms with van der Waals surface area (Å²) in [7, 11) is 0. The van der Waals surface area contributed by atoms with E-state index in [1.165, 1.54) is 6.07 Å². The molecule has 1 saturated carbocycles. The molecule has 0 bridgehead atoms. The normalized spacial score (nSPS) is 16.8. The first-order valence-electron chi connectivity index (χ1n) is 3.85. The molecule has 1 aliphatic rings. The van der Waals surface area contributed by atoms with E-state index < -0.39 is 11.8 Å². The molecule has 0 atom stereocenters. The molecule has 0 aliphatic heterocycles. The van der Waals surface area contributed by atoms with E-state index in [1.807, 2.05) is 0 Å². The number of thiophene rings is 1. The van der Waals surface area contributed by atoms with Gasteiger partial charge in [-0.05, 0) is 29.7 Å². The van der Waals surface area contributed by atoms with E-state index in [0.717, 1.165) is 29.7 Å². The standard InChI is InChI=1S/C7H7BF3S.K/c9-8(10,11)7-3-6(4-12-7)5-1-2-5;/h3-5H,1-2H2;/q-1;+1. The molecule has 2 rings (SSSR count). The van der Waals surface area contributed by atoms with E-state index in [-0.39, 0.29) is 51.4 Å². The second-order valence-electron chi connectivity index (χ2n) is 3.13. The second kappa shape index (κ2) is 4.37. The Morgan fingerprint density at radius 3 is 2.31 bits per heavy atom. The van der Waals surface area contributed by atoms with Crippen molar-refractivity contribution in [3.05, 3.63) is 17.0 Å². The van der Waals surface area contributed by atoms with Crippen LogP contribution in [-0.4, -0.2) is 6.98 Å². The molecule has 0 nitrogen and oxygen atoms in total. The van der Waals surface area contributed by atoms with E-state index in [4.69, 9.17) is 0 Å². The summed E-state index contributed by atoms with van der Waals surface area (Å²) >= 11 is 0.828. The van der Waals surface area contributed by atoms with Crippen LogP contribution < -0.4 is 56.2 Å². The molecule has 6 heteroatoms. The van der Waals surface area contributed by atoms with Gasteiger partial charge in [-0.3, -0.25) is 0 Å². The van der Waals surface area contributed by atoms with Crippen LogP contribution in [0.4, 0.5) is 12.9 Å². The van der Waals surface area contributed by atoms with Gasteiger partial charge in [0, 0.05) is 0 Å². The second-order valence-corrected chi connectivity index (χ2v) is 4.07. The third-order valence-corrected chi connectivity index (χ3v) is 3.06. The molecule has 1 aromatic rings. The van der Waals surface area contributed by atoms with Crippen molar-refractivity contribution in [2.75, 3.05) is 0 Å². The van der Waals surface area contributed by atoms with Crippen molar-refractivity contribution in [2.45, 2.75) is 18.8 Å². The molecule has 0 radical (unpaired) electrons. The van der Waals surface area contributed by atoms with Crippen LogP contribution in [0, 0.1) is 0 Å². The van der Waals surface area contributed by atoms with Gasteiger partial charge in [-0.1, -0.05) is 10.8 Å². The molecule has 66 valence electrons. The molecule has 1 aromatic heterocycles. The van der Waals surface area contributed by atoms with Crippen LogP contribution in [0.3, 0.4) is 0 Å². The zero-order chi connectivity index (χ0) is 8.77. The molecule has 0 aromatic carbocycles. The van der Waals surface area contributed by atoms with Gasteiger partial charge >= 0.3 is 58.4 Å².